The molecule has 0 bridgehead atoms. The molecule has 2 aromatic carbocycles. The monoisotopic (exact) mass is 278 g/mol. The molecule has 0 aliphatic heterocycles. The lowest BCUT2D eigenvalue weighted by Gasteiger charge is -2.09. The average Bonchev–Trinajstić information content (AvgIpc) is 2.56. The minimum Gasteiger partial charge on any atom is -0.0761 e. The predicted molar refractivity (Wildman–Crippen MR) is 93.3 cm³/mol. The standard InChI is InChI=1S/C21H26/c1-2-3-4-5-6-13-18-21(19-14-9-7-10-15-19)20-16-11-8-12-17-20/h7-12,14-18H,2-6,13H2,1H3. The zero-order valence-corrected chi connectivity index (χ0v) is 13.1. The molecule has 0 saturated heterocycles. The van der Waals surface area contributed by atoms with E-state index in [4.69, 9.17) is 0 Å². The van der Waals surface area contributed by atoms with Crippen LogP contribution in [0.4, 0.5) is 0 Å². The average molecular weight is 278 g/mol. The Kier molecular flexibility index (Phi) is 6.80. The fourth-order valence-electron chi connectivity index (χ4n) is 2.63. The van der Waals surface area contributed by atoms with E-state index in [0.717, 1.165) is 0 Å². The van der Waals surface area contributed by atoms with Crippen LogP contribution in [0.15, 0.2) is 66.7 Å². The van der Waals surface area contributed by atoms with Gasteiger partial charge in [-0.05, 0) is 29.5 Å². The Hall–Kier alpha value is -1.82. The van der Waals surface area contributed by atoms with Crippen LogP contribution in [-0.2, 0) is 0 Å². The quantitative estimate of drug-likeness (QED) is 0.485. The van der Waals surface area contributed by atoms with Gasteiger partial charge in [0.15, 0.2) is 0 Å². The van der Waals surface area contributed by atoms with Crippen molar-refractivity contribution in [1.82, 2.24) is 0 Å². The SMILES string of the molecule is CCCCCCCC=C(c1ccccc1)c1ccccc1. The van der Waals surface area contributed by atoms with Gasteiger partial charge in [0.2, 0.25) is 0 Å². The van der Waals surface area contributed by atoms with Crippen LogP contribution >= 0.6 is 0 Å². The molecule has 21 heavy (non-hydrogen) atoms. The molecule has 0 fully saturated rings. The molecule has 2 rings (SSSR count). The Balaban J connectivity index is 2.06. The van der Waals surface area contributed by atoms with Crippen molar-refractivity contribution in [2.75, 3.05) is 0 Å². The lowest BCUT2D eigenvalue weighted by molar-refractivity contribution is 0.637. The van der Waals surface area contributed by atoms with E-state index in [9.17, 15) is 0 Å². The van der Waals surface area contributed by atoms with Crippen LogP contribution in [0.1, 0.15) is 56.6 Å². The highest BCUT2D eigenvalue weighted by molar-refractivity contribution is 5.79. The van der Waals surface area contributed by atoms with Crippen molar-refractivity contribution >= 4 is 5.57 Å². The van der Waals surface area contributed by atoms with E-state index in [1.165, 1.54) is 55.2 Å². The summed E-state index contributed by atoms with van der Waals surface area (Å²) in [5.74, 6) is 0. The van der Waals surface area contributed by atoms with Gasteiger partial charge < -0.3 is 0 Å². The Labute approximate surface area is 129 Å². The zero-order valence-electron chi connectivity index (χ0n) is 13.1. The number of rotatable bonds is 8. The molecule has 0 spiro atoms. The van der Waals surface area contributed by atoms with Crippen LogP contribution in [-0.4, -0.2) is 0 Å². The fourth-order valence-corrected chi connectivity index (χ4v) is 2.63. The molecule has 0 N–H and O–H groups in total. The van der Waals surface area contributed by atoms with Crippen molar-refractivity contribution in [2.24, 2.45) is 0 Å². The normalized spacial score (nSPS) is 10.3. The first-order valence-electron chi connectivity index (χ1n) is 8.23. The van der Waals surface area contributed by atoms with Crippen LogP contribution in [0.2, 0.25) is 0 Å². The topological polar surface area (TPSA) is 0 Å². The molecule has 0 amide bonds. The Morgan fingerprint density at radius 2 is 1.24 bits per heavy atom. The minimum atomic E-state index is 1.17. The van der Waals surface area contributed by atoms with Crippen molar-refractivity contribution in [2.45, 2.75) is 45.4 Å². The van der Waals surface area contributed by atoms with E-state index in [0.29, 0.717) is 0 Å². The van der Waals surface area contributed by atoms with Crippen LogP contribution in [0.3, 0.4) is 0 Å². The number of hydrogen-bond donors (Lipinski definition) is 0. The van der Waals surface area contributed by atoms with Gasteiger partial charge in [0.05, 0.1) is 0 Å². The second-order valence-corrected chi connectivity index (χ2v) is 5.55. The second kappa shape index (κ2) is 9.18. The van der Waals surface area contributed by atoms with Crippen LogP contribution in [0, 0.1) is 0 Å². The largest absolute Gasteiger partial charge is 0.0761 e. The van der Waals surface area contributed by atoms with Crippen LogP contribution < -0.4 is 0 Å². The summed E-state index contributed by atoms with van der Waals surface area (Å²) in [6.45, 7) is 2.27. The number of unbranched alkanes of at least 4 members (excludes halogenated alkanes) is 5. The van der Waals surface area contributed by atoms with E-state index in [2.05, 4.69) is 73.7 Å². The van der Waals surface area contributed by atoms with E-state index >= 15 is 0 Å². The van der Waals surface area contributed by atoms with Crippen molar-refractivity contribution in [3.8, 4) is 0 Å². The lowest BCUT2D eigenvalue weighted by Crippen LogP contribution is -1.88. The molecule has 0 aromatic heterocycles. The Morgan fingerprint density at radius 1 is 0.714 bits per heavy atom. The van der Waals surface area contributed by atoms with Gasteiger partial charge in [0.1, 0.15) is 0 Å². The third-order valence-electron chi connectivity index (χ3n) is 3.83. The summed E-state index contributed by atoms with van der Waals surface area (Å²) < 4.78 is 0. The van der Waals surface area contributed by atoms with Gasteiger partial charge >= 0.3 is 0 Å². The van der Waals surface area contributed by atoms with Gasteiger partial charge in [-0.3, -0.25) is 0 Å². The van der Waals surface area contributed by atoms with Gasteiger partial charge in [-0.2, -0.15) is 0 Å². The first kappa shape index (κ1) is 15.6. The summed E-state index contributed by atoms with van der Waals surface area (Å²) in [5, 5.41) is 0. The predicted octanol–water partition coefficient (Wildman–Crippen LogP) is 6.48. The molecule has 0 heterocycles. The second-order valence-electron chi connectivity index (χ2n) is 5.55. The number of benzene rings is 2. The zero-order chi connectivity index (χ0) is 14.8. The third-order valence-corrected chi connectivity index (χ3v) is 3.83. The van der Waals surface area contributed by atoms with Crippen molar-refractivity contribution in [3.63, 3.8) is 0 Å². The first-order valence-corrected chi connectivity index (χ1v) is 8.23. The third kappa shape index (κ3) is 5.23. The van der Waals surface area contributed by atoms with Gasteiger partial charge in [-0.15, -0.1) is 0 Å². The van der Waals surface area contributed by atoms with Gasteiger partial charge in [0, 0.05) is 0 Å². The molecule has 110 valence electrons. The Morgan fingerprint density at radius 3 is 1.76 bits per heavy atom. The van der Waals surface area contributed by atoms with Crippen molar-refractivity contribution in [3.05, 3.63) is 77.9 Å². The fraction of sp³-hybridized carbons (Fsp3) is 0.333. The summed E-state index contributed by atoms with van der Waals surface area (Å²) in [7, 11) is 0. The summed E-state index contributed by atoms with van der Waals surface area (Å²) >= 11 is 0. The molecule has 0 aliphatic rings. The smallest absolute Gasteiger partial charge is 0.0151 e. The molecular formula is C21H26. The van der Waals surface area contributed by atoms with Crippen LogP contribution in [0.5, 0.6) is 0 Å². The highest BCUT2D eigenvalue weighted by Gasteiger charge is 2.03. The molecule has 0 unspecified atom stereocenters. The lowest BCUT2D eigenvalue weighted by atomic mass is 9.96. The summed E-state index contributed by atoms with van der Waals surface area (Å²) in [4.78, 5) is 0. The van der Waals surface area contributed by atoms with E-state index in [-0.39, 0.29) is 0 Å². The maximum atomic E-state index is 2.41. The Bertz CT molecular complexity index is 481. The highest BCUT2D eigenvalue weighted by Crippen LogP contribution is 2.24. The molecule has 0 aliphatic carbocycles. The molecule has 0 heteroatoms. The minimum absolute atomic E-state index is 1.17. The van der Waals surface area contributed by atoms with E-state index in [1.807, 2.05) is 0 Å². The molecule has 2 aromatic rings. The summed E-state index contributed by atoms with van der Waals surface area (Å²) in [5.41, 5.74) is 4.00. The maximum Gasteiger partial charge on any atom is -0.0151 e. The van der Waals surface area contributed by atoms with Crippen molar-refractivity contribution < 1.29 is 0 Å². The van der Waals surface area contributed by atoms with Gasteiger partial charge in [-0.25, -0.2) is 0 Å². The van der Waals surface area contributed by atoms with Gasteiger partial charge in [-0.1, -0.05) is 99.3 Å². The molecule has 0 nitrogen and oxygen atoms in total. The molecule has 0 radical (unpaired) electrons. The molecule has 0 atom stereocenters. The maximum absolute atomic E-state index is 2.41. The van der Waals surface area contributed by atoms with E-state index in [1.54, 1.807) is 0 Å². The van der Waals surface area contributed by atoms with Crippen LogP contribution in [0.25, 0.3) is 5.57 Å². The first-order chi connectivity index (χ1) is 10.4. The molecular weight excluding hydrogens is 252 g/mol. The van der Waals surface area contributed by atoms with Gasteiger partial charge in [0.25, 0.3) is 0 Å². The number of hydrogen-bond acceptors (Lipinski definition) is 0. The number of allylic oxidation sites excluding steroid dienone is 1. The van der Waals surface area contributed by atoms with Crippen molar-refractivity contribution in [1.29, 1.82) is 0 Å². The van der Waals surface area contributed by atoms with E-state index < -0.39 is 0 Å². The molecule has 0 saturated carbocycles. The summed E-state index contributed by atoms with van der Waals surface area (Å²) in [6.07, 6.45) is 10.3. The summed E-state index contributed by atoms with van der Waals surface area (Å²) in [6, 6.07) is 21.5. The highest BCUT2D eigenvalue weighted by atomic mass is 14.1.